The lowest BCUT2D eigenvalue weighted by molar-refractivity contribution is -0.141. The van der Waals surface area contributed by atoms with Gasteiger partial charge in [0, 0.05) is 58.7 Å². The lowest BCUT2D eigenvalue weighted by Crippen LogP contribution is -2.59. The molecular weight excluding hydrogens is 891 g/mol. The smallest absolute Gasteiger partial charge is 0.259 e. The van der Waals surface area contributed by atoms with Crippen molar-refractivity contribution in [2.45, 2.75) is 121 Å². The first-order valence-corrected chi connectivity index (χ1v) is 25.3. The van der Waals surface area contributed by atoms with E-state index in [2.05, 4.69) is 46.3 Å². The highest BCUT2D eigenvalue weighted by molar-refractivity contribution is 7.91. The molecule has 0 radical (unpaired) electrons. The second kappa shape index (κ2) is 18.3. The molecule has 2 aromatic carbocycles. The molecule has 18 heteroatoms. The maximum atomic E-state index is 15.3. The van der Waals surface area contributed by atoms with Crippen LogP contribution in [0.1, 0.15) is 103 Å². The largest absolute Gasteiger partial charge is 0.496 e. The number of aliphatic imine (C=N–C) groups is 1. The van der Waals surface area contributed by atoms with E-state index < -0.39 is 61.6 Å². The number of rotatable bonds is 15. The molecule has 2 saturated carbocycles. The van der Waals surface area contributed by atoms with Crippen LogP contribution in [0.2, 0.25) is 0 Å². The Hall–Kier alpha value is -5.88. The van der Waals surface area contributed by atoms with Gasteiger partial charge in [-0.05, 0) is 81.5 Å². The van der Waals surface area contributed by atoms with Crippen molar-refractivity contribution in [1.82, 2.24) is 30.3 Å². The Balaban J connectivity index is 1.14. The van der Waals surface area contributed by atoms with Gasteiger partial charge in [-0.25, -0.2) is 18.4 Å². The summed E-state index contributed by atoms with van der Waals surface area (Å²) in [7, 11) is -2.41. The highest BCUT2D eigenvalue weighted by atomic mass is 32.2. The van der Waals surface area contributed by atoms with E-state index in [0.29, 0.717) is 64.0 Å². The molecule has 4 aromatic rings. The topological polar surface area (TPSA) is 206 Å². The van der Waals surface area contributed by atoms with Crippen molar-refractivity contribution in [3.8, 4) is 22.2 Å². The third kappa shape index (κ3) is 9.64. The van der Waals surface area contributed by atoms with Crippen LogP contribution in [-0.2, 0) is 24.4 Å². The average Bonchev–Trinajstić information content (AvgIpc) is 4.06. The normalized spacial score (nSPS) is 23.2. The monoisotopic (exact) mass is 951 g/mol. The molecule has 5 unspecified atom stereocenters. The number of pyridine rings is 1. The summed E-state index contributed by atoms with van der Waals surface area (Å²) >= 11 is 1.49. The fraction of sp³-hybridized carbons (Fsp3) is 0.490. The van der Waals surface area contributed by atoms with E-state index in [1.54, 1.807) is 20.1 Å². The predicted molar refractivity (Wildman–Crippen MR) is 262 cm³/mol. The second-order valence-electron chi connectivity index (χ2n) is 19.7. The van der Waals surface area contributed by atoms with E-state index in [1.807, 2.05) is 81.8 Å². The number of thiazole rings is 1. The third-order valence-electron chi connectivity index (χ3n) is 13.3. The minimum Gasteiger partial charge on any atom is -0.496 e. The van der Waals surface area contributed by atoms with E-state index in [4.69, 9.17) is 24.4 Å². The second-order valence-corrected chi connectivity index (χ2v) is 22.8. The molecule has 0 bridgehead atoms. The van der Waals surface area contributed by atoms with Crippen LogP contribution in [0, 0.1) is 18.3 Å². The number of fused-ring (bicyclic) bond motifs is 1. The van der Waals surface area contributed by atoms with Crippen LogP contribution in [0.15, 0.2) is 70.6 Å². The summed E-state index contributed by atoms with van der Waals surface area (Å²) in [5, 5.41) is 14.2. The van der Waals surface area contributed by atoms with Crippen molar-refractivity contribution in [1.29, 1.82) is 0 Å². The Morgan fingerprint density at radius 1 is 1.09 bits per heavy atom. The van der Waals surface area contributed by atoms with Crippen LogP contribution in [0.25, 0.3) is 21.6 Å². The number of ether oxygens (including phenoxy) is 2. The van der Waals surface area contributed by atoms with Gasteiger partial charge < -0.3 is 25.0 Å². The average molecular weight is 952 g/mol. The fourth-order valence-electron chi connectivity index (χ4n) is 8.62. The number of hydrogen-bond acceptors (Lipinski definition) is 14. The summed E-state index contributed by atoms with van der Waals surface area (Å²) in [4.78, 5) is 60.3. The number of carbonyl (C=O) groups excluding carboxylic acids is 3. The van der Waals surface area contributed by atoms with Gasteiger partial charge in [0.2, 0.25) is 21.8 Å². The maximum absolute atomic E-state index is 15.3. The molecule has 4 aliphatic rings. The molecule has 4 heterocycles. The molecule has 3 fully saturated rings. The number of methoxy groups -OCH3 is 1. The quantitative estimate of drug-likeness (QED) is 0.0908. The highest BCUT2D eigenvalue weighted by Crippen LogP contribution is 2.47. The van der Waals surface area contributed by atoms with Gasteiger partial charge in [-0.15, -0.1) is 17.9 Å². The Morgan fingerprint density at radius 2 is 1.87 bits per heavy atom. The SMILES string of the molecule is C=CC1CC1(NC(=O)C1CC(Oc2cc(-c3nc(C(C)C)cs3)nc3c(C)c(OC)ccc23)CN1C(=O)C(Nc1cccc(C2=NCCC/C=N/N2)c1)C(C)(C)C)C(=O)NS(=O)(=O)C1(C)CC1. The first-order chi connectivity index (χ1) is 31.8. The molecule has 1 saturated heterocycles. The molecule has 2 aliphatic carbocycles. The van der Waals surface area contributed by atoms with Crippen molar-refractivity contribution in [3.63, 3.8) is 0 Å². The van der Waals surface area contributed by atoms with Gasteiger partial charge in [-0.1, -0.05) is 52.8 Å². The number of benzene rings is 2. The Kier molecular flexibility index (Phi) is 13.0. The summed E-state index contributed by atoms with van der Waals surface area (Å²) < 4.78 is 40.4. The predicted octanol–water partition coefficient (Wildman–Crippen LogP) is 6.85. The maximum Gasteiger partial charge on any atom is 0.259 e. The summed E-state index contributed by atoms with van der Waals surface area (Å²) in [5.74, 6) is -0.353. The molecule has 67 heavy (non-hydrogen) atoms. The molecule has 2 aromatic heterocycles. The van der Waals surface area contributed by atoms with E-state index in [-0.39, 0.29) is 31.2 Å². The van der Waals surface area contributed by atoms with Crippen LogP contribution in [0.3, 0.4) is 0 Å². The Morgan fingerprint density at radius 3 is 2.54 bits per heavy atom. The van der Waals surface area contributed by atoms with Gasteiger partial charge in [0.15, 0.2) is 0 Å². The van der Waals surface area contributed by atoms with Crippen LogP contribution >= 0.6 is 11.3 Å². The number of nitrogens with one attached hydrogen (secondary N) is 4. The number of hydrogen-bond donors (Lipinski definition) is 4. The molecule has 0 spiro atoms. The third-order valence-corrected chi connectivity index (χ3v) is 16.3. The Labute approximate surface area is 396 Å². The van der Waals surface area contributed by atoms with Gasteiger partial charge in [0.1, 0.15) is 51.8 Å². The van der Waals surface area contributed by atoms with Crippen molar-refractivity contribution >= 4 is 67.7 Å². The number of aryl methyl sites for hydroxylation is 1. The molecule has 5 atom stereocenters. The zero-order valence-electron chi connectivity index (χ0n) is 39.4. The molecule has 4 N–H and O–H groups in total. The standard InChI is InChI=1S/C49H61N9O7S2/c1-10-31-25-49(31,46(61)57-67(62,63)48(8)18-19-48)55-43(59)37-23-33(65-39-24-35(44-54-36(27-66-44)28(2)3)53-40-29(4)38(64-9)17-16-34(39)40)26-58(37)45(60)41(47(5,6)7)52-32-15-13-14-30(22-32)42-50-20-11-12-21-51-56-42/h10,13-17,21-22,24,27-28,31,33,37,41,52H,1,11-12,18-20,23,25-26H2,2-9H3,(H,50,56)(H,55,59)(H,57,61)/b51-21+. The van der Waals surface area contributed by atoms with Gasteiger partial charge in [-0.3, -0.25) is 29.5 Å². The van der Waals surface area contributed by atoms with Gasteiger partial charge in [-0.2, -0.15) is 5.10 Å². The van der Waals surface area contributed by atoms with E-state index in [0.717, 1.165) is 29.7 Å². The molecule has 356 valence electrons. The van der Waals surface area contributed by atoms with Crippen molar-refractivity contribution < 1.29 is 32.3 Å². The summed E-state index contributed by atoms with van der Waals surface area (Å²) in [6, 6.07) is 11.2. The number of carbonyl (C=O) groups is 3. The number of sulfonamides is 1. The number of hydrazone groups is 1. The summed E-state index contributed by atoms with van der Waals surface area (Å²) in [5.41, 5.74) is 5.25. The van der Waals surface area contributed by atoms with E-state index in [9.17, 15) is 18.0 Å². The minimum absolute atomic E-state index is 0.0177. The highest BCUT2D eigenvalue weighted by Gasteiger charge is 2.63. The summed E-state index contributed by atoms with van der Waals surface area (Å²) in [6.07, 6.45) is 5.44. The van der Waals surface area contributed by atoms with Crippen LogP contribution in [0.5, 0.6) is 11.5 Å². The number of aromatic nitrogens is 2. The lowest BCUT2D eigenvalue weighted by Gasteiger charge is -2.36. The number of amides is 3. The zero-order valence-corrected chi connectivity index (χ0v) is 41.1. The molecule has 2 aliphatic heterocycles. The first kappa shape index (κ1) is 47.6. The van der Waals surface area contributed by atoms with Crippen LogP contribution in [-0.4, -0.2) is 102 Å². The number of anilines is 1. The number of nitrogens with zero attached hydrogens (tertiary/aromatic N) is 5. The van der Waals surface area contributed by atoms with Gasteiger partial charge in [0.05, 0.1) is 29.6 Å². The first-order valence-electron chi connectivity index (χ1n) is 22.9. The molecular formula is C49H61N9O7S2. The van der Waals surface area contributed by atoms with E-state index in [1.165, 1.54) is 16.2 Å². The van der Waals surface area contributed by atoms with Crippen LogP contribution < -0.4 is 30.3 Å². The molecule has 16 nitrogen and oxygen atoms in total. The minimum atomic E-state index is -4.02. The van der Waals surface area contributed by atoms with E-state index >= 15 is 4.79 Å². The summed E-state index contributed by atoms with van der Waals surface area (Å²) in [6.45, 7) is 18.1. The fourth-order valence-corrected chi connectivity index (χ4v) is 10.9. The number of likely N-dealkylation sites (tertiary alicyclic amines) is 1. The van der Waals surface area contributed by atoms with Gasteiger partial charge >= 0.3 is 0 Å². The zero-order chi connectivity index (χ0) is 48.1. The Bertz CT molecular complexity index is 2780. The lowest BCUT2D eigenvalue weighted by atomic mass is 9.85. The van der Waals surface area contributed by atoms with Gasteiger partial charge in [0.25, 0.3) is 5.91 Å². The van der Waals surface area contributed by atoms with Crippen molar-refractivity contribution in [2.24, 2.45) is 21.4 Å². The number of amidine groups is 1. The molecule has 8 rings (SSSR count). The molecule has 3 amide bonds. The van der Waals surface area contributed by atoms with Crippen LogP contribution in [0.4, 0.5) is 5.69 Å². The van der Waals surface area contributed by atoms with Crippen molar-refractivity contribution in [2.75, 3.05) is 25.5 Å². The van der Waals surface area contributed by atoms with Crippen molar-refractivity contribution in [3.05, 3.63) is 77.3 Å².